The van der Waals surface area contributed by atoms with E-state index in [1.165, 1.54) is 30.5 Å². The Morgan fingerprint density at radius 2 is 1.92 bits per heavy atom. The first-order valence-electron chi connectivity index (χ1n) is 7.40. The van der Waals surface area contributed by atoms with Crippen LogP contribution in [0.3, 0.4) is 0 Å². The van der Waals surface area contributed by atoms with Crippen LogP contribution in [-0.2, 0) is 9.84 Å². The number of amides is 1. The summed E-state index contributed by atoms with van der Waals surface area (Å²) >= 11 is 0. The molecule has 1 saturated heterocycles. The molecule has 0 saturated carbocycles. The molecule has 1 aromatic heterocycles. The van der Waals surface area contributed by atoms with E-state index in [4.69, 9.17) is 0 Å². The quantitative estimate of drug-likeness (QED) is 0.882. The summed E-state index contributed by atoms with van der Waals surface area (Å²) in [4.78, 5) is 16.2. The van der Waals surface area contributed by atoms with Gasteiger partial charge in [0.05, 0.1) is 22.8 Å². The highest BCUT2D eigenvalue weighted by Gasteiger charge is 2.27. The molecule has 1 aliphatic rings. The molecule has 1 aliphatic heterocycles. The Morgan fingerprint density at radius 1 is 1.17 bits per heavy atom. The second-order valence-corrected chi connectivity index (χ2v) is 7.90. The van der Waals surface area contributed by atoms with Crippen LogP contribution in [0.1, 0.15) is 16.8 Å². The highest BCUT2D eigenvalue weighted by atomic mass is 32.2. The number of rotatable bonds is 4. The summed E-state index contributed by atoms with van der Waals surface area (Å²) in [5.41, 5.74) is 1.38. The third kappa shape index (κ3) is 4.08. The molecule has 24 heavy (non-hydrogen) atoms. The fourth-order valence-electron chi connectivity index (χ4n) is 2.52. The minimum atomic E-state index is -2.98. The molecule has 126 valence electrons. The first-order chi connectivity index (χ1) is 11.4. The summed E-state index contributed by atoms with van der Waals surface area (Å²) < 4.78 is 35.8. The van der Waals surface area contributed by atoms with Crippen molar-refractivity contribution in [3.63, 3.8) is 0 Å². The fraction of sp³-hybridized carbons (Fsp3) is 0.250. The Bertz CT molecular complexity index is 853. The van der Waals surface area contributed by atoms with Crippen LogP contribution >= 0.6 is 0 Å². The van der Waals surface area contributed by atoms with Gasteiger partial charge in [-0.2, -0.15) is 0 Å². The predicted octanol–water partition coefficient (Wildman–Crippen LogP) is 2.07. The number of nitrogens with one attached hydrogen (secondary N) is 2. The van der Waals surface area contributed by atoms with E-state index >= 15 is 0 Å². The lowest BCUT2D eigenvalue weighted by molar-refractivity contribution is 0.102. The van der Waals surface area contributed by atoms with Gasteiger partial charge in [-0.1, -0.05) is 0 Å². The van der Waals surface area contributed by atoms with Gasteiger partial charge in [0.15, 0.2) is 9.84 Å². The Hall–Kier alpha value is -2.48. The summed E-state index contributed by atoms with van der Waals surface area (Å²) in [7, 11) is -2.98. The lowest BCUT2D eigenvalue weighted by atomic mass is 10.2. The van der Waals surface area contributed by atoms with Crippen molar-refractivity contribution in [1.82, 2.24) is 4.98 Å². The van der Waals surface area contributed by atoms with Gasteiger partial charge in [-0.3, -0.25) is 9.78 Å². The zero-order chi connectivity index (χ0) is 17.2. The molecular formula is C16H16FN3O3S. The van der Waals surface area contributed by atoms with E-state index in [0.29, 0.717) is 23.4 Å². The van der Waals surface area contributed by atoms with Crippen LogP contribution in [0.15, 0.2) is 42.7 Å². The number of halogens is 1. The smallest absolute Gasteiger partial charge is 0.257 e. The number of carbonyl (C=O) groups is 1. The Labute approximate surface area is 139 Å². The fourth-order valence-corrected chi connectivity index (χ4v) is 4.20. The lowest BCUT2D eigenvalue weighted by Gasteiger charge is -2.13. The molecule has 2 aromatic rings. The van der Waals surface area contributed by atoms with Crippen LogP contribution in [-0.4, -0.2) is 36.9 Å². The average Bonchev–Trinajstić information content (AvgIpc) is 2.88. The van der Waals surface area contributed by atoms with Gasteiger partial charge in [0.2, 0.25) is 0 Å². The van der Waals surface area contributed by atoms with Crippen LogP contribution in [0.2, 0.25) is 0 Å². The molecule has 2 N–H and O–H groups in total. The van der Waals surface area contributed by atoms with E-state index in [2.05, 4.69) is 15.6 Å². The largest absolute Gasteiger partial charge is 0.380 e. The van der Waals surface area contributed by atoms with Crippen molar-refractivity contribution in [2.24, 2.45) is 0 Å². The lowest BCUT2D eigenvalue weighted by Crippen LogP contribution is -2.21. The van der Waals surface area contributed by atoms with Crippen molar-refractivity contribution in [3.8, 4) is 0 Å². The summed E-state index contributed by atoms with van der Waals surface area (Å²) in [5.74, 6) is -0.508. The van der Waals surface area contributed by atoms with Gasteiger partial charge in [-0.05, 0) is 36.8 Å². The third-order valence-corrected chi connectivity index (χ3v) is 5.47. The molecule has 2 heterocycles. The van der Waals surface area contributed by atoms with Gasteiger partial charge in [0, 0.05) is 24.1 Å². The van der Waals surface area contributed by atoms with Crippen LogP contribution in [0, 0.1) is 5.82 Å². The first kappa shape index (κ1) is 16.4. The number of carbonyl (C=O) groups excluding carboxylic acids is 1. The Balaban J connectivity index is 1.68. The SMILES string of the molecule is O=C(Nc1ccc(F)cc1)c1cncc(NC2CCS(=O)(=O)C2)c1. The van der Waals surface area contributed by atoms with Crippen LogP contribution in [0.5, 0.6) is 0 Å². The molecule has 1 atom stereocenters. The van der Waals surface area contributed by atoms with Crippen LogP contribution < -0.4 is 10.6 Å². The number of anilines is 2. The van der Waals surface area contributed by atoms with E-state index < -0.39 is 9.84 Å². The topological polar surface area (TPSA) is 88.2 Å². The van der Waals surface area contributed by atoms with Crippen molar-refractivity contribution >= 4 is 27.1 Å². The number of pyridine rings is 1. The molecule has 3 rings (SSSR count). The molecule has 1 amide bonds. The first-order valence-corrected chi connectivity index (χ1v) is 9.22. The van der Waals surface area contributed by atoms with Crippen molar-refractivity contribution in [2.75, 3.05) is 22.1 Å². The van der Waals surface area contributed by atoms with E-state index in [-0.39, 0.29) is 29.3 Å². The highest BCUT2D eigenvalue weighted by molar-refractivity contribution is 7.91. The minimum absolute atomic E-state index is 0.0823. The summed E-state index contributed by atoms with van der Waals surface area (Å²) in [6, 6.07) is 6.88. The maximum Gasteiger partial charge on any atom is 0.257 e. The second-order valence-electron chi connectivity index (χ2n) is 5.67. The number of nitrogens with zero attached hydrogens (tertiary/aromatic N) is 1. The maximum atomic E-state index is 12.9. The molecule has 1 fully saturated rings. The number of aromatic nitrogens is 1. The van der Waals surface area contributed by atoms with Gasteiger partial charge >= 0.3 is 0 Å². The molecule has 0 bridgehead atoms. The summed E-state index contributed by atoms with van der Waals surface area (Å²) in [6.07, 6.45) is 3.49. The second kappa shape index (κ2) is 6.56. The molecular weight excluding hydrogens is 333 g/mol. The van der Waals surface area contributed by atoms with Gasteiger partial charge in [0.1, 0.15) is 5.82 Å². The molecule has 1 aromatic carbocycles. The summed E-state index contributed by atoms with van der Waals surface area (Å²) in [6.45, 7) is 0. The molecule has 0 aliphatic carbocycles. The molecule has 0 spiro atoms. The van der Waals surface area contributed by atoms with Crippen molar-refractivity contribution in [3.05, 3.63) is 54.1 Å². The van der Waals surface area contributed by atoms with Gasteiger partial charge < -0.3 is 10.6 Å². The van der Waals surface area contributed by atoms with Crippen LogP contribution in [0.25, 0.3) is 0 Å². The highest BCUT2D eigenvalue weighted by Crippen LogP contribution is 2.18. The van der Waals surface area contributed by atoms with Crippen LogP contribution in [0.4, 0.5) is 15.8 Å². The molecule has 8 heteroatoms. The number of sulfone groups is 1. The molecule has 1 unspecified atom stereocenters. The third-order valence-electron chi connectivity index (χ3n) is 3.71. The Morgan fingerprint density at radius 3 is 2.58 bits per heavy atom. The zero-order valence-electron chi connectivity index (χ0n) is 12.7. The minimum Gasteiger partial charge on any atom is -0.380 e. The van der Waals surface area contributed by atoms with Gasteiger partial charge in [-0.15, -0.1) is 0 Å². The molecule has 0 radical (unpaired) electrons. The van der Waals surface area contributed by atoms with E-state index in [1.807, 2.05) is 0 Å². The van der Waals surface area contributed by atoms with Gasteiger partial charge in [-0.25, -0.2) is 12.8 Å². The Kier molecular flexibility index (Phi) is 4.48. The van der Waals surface area contributed by atoms with Crippen molar-refractivity contribution in [1.29, 1.82) is 0 Å². The van der Waals surface area contributed by atoms with E-state index in [9.17, 15) is 17.6 Å². The summed E-state index contributed by atoms with van der Waals surface area (Å²) in [5, 5.41) is 5.74. The van der Waals surface area contributed by atoms with Crippen molar-refractivity contribution in [2.45, 2.75) is 12.5 Å². The average molecular weight is 349 g/mol. The van der Waals surface area contributed by atoms with Gasteiger partial charge in [0.25, 0.3) is 5.91 Å². The number of hydrogen-bond acceptors (Lipinski definition) is 5. The zero-order valence-corrected chi connectivity index (χ0v) is 13.5. The number of benzene rings is 1. The normalized spacial score (nSPS) is 19.0. The number of hydrogen-bond donors (Lipinski definition) is 2. The standard InChI is InChI=1S/C16H16FN3O3S/c17-12-1-3-13(4-2-12)20-16(21)11-7-15(9-18-8-11)19-14-5-6-24(22,23)10-14/h1-4,7-9,14,19H,5-6,10H2,(H,20,21). The molecule has 6 nitrogen and oxygen atoms in total. The monoisotopic (exact) mass is 349 g/mol. The van der Waals surface area contributed by atoms with E-state index in [0.717, 1.165) is 0 Å². The maximum absolute atomic E-state index is 12.9. The van der Waals surface area contributed by atoms with E-state index in [1.54, 1.807) is 12.3 Å². The van der Waals surface area contributed by atoms with Crippen molar-refractivity contribution < 1.29 is 17.6 Å². The predicted molar refractivity (Wildman–Crippen MR) is 89.3 cm³/mol.